The second-order valence-corrected chi connectivity index (χ2v) is 8.11. The van der Waals surface area contributed by atoms with Crippen molar-refractivity contribution >= 4 is 29.9 Å². The molecule has 0 aliphatic carbocycles. The molecule has 3 N–H and O–H groups in total. The zero-order chi connectivity index (χ0) is 21.4. The van der Waals surface area contributed by atoms with E-state index in [9.17, 15) is 5.11 Å². The second kappa shape index (κ2) is 12.1. The van der Waals surface area contributed by atoms with Gasteiger partial charge in [-0.1, -0.05) is 50.2 Å². The van der Waals surface area contributed by atoms with Gasteiger partial charge in [0.15, 0.2) is 17.5 Å². The van der Waals surface area contributed by atoms with Crippen molar-refractivity contribution in [2.75, 3.05) is 39.5 Å². The van der Waals surface area contributed by atoms with Crippen molar-refractivity contribution in [2.45, 2.75) is 32.1 Å². The fourth-order valence-electron chi connectivity index (χ4n) is 3.41. The van der Waals surface area contributed by atoms with Crippen molar-refractivity contribution in [3.8, 4) is 11.5 Å². The molecule has 7 heteroatoms. The van der Waals surface area contributed by atoms with E-state index in [-0.39, 0.29) is 41.9 Å². The molecule has 1 aliphatic heterocycles. The van der Waals surface area contributed by atoms with E-state index >= 15 is 0 Å². The SMILES string of the molecule is CCNC(=NCC(C)(C)c1ccc2c(c1)OCCO2)NCC(CO)c1ccccc1.I. The minimum Gasteiger partial charge on any atom is -0.486 e. The number of rotatable bonds is 8. The van der Waals surface area contributed by atoms with Crippen LogP contribution in [0.3, 0.4) is 0 Å². The Morgan fingerprint density at radius 1 is 1.06 bits per heavy atom. The van der Waals surface area contributed by atoms with Gasteiger partial charge in [0.05, 0.1) is 13.2 Å². The van der Waals surface area contributed by atoms with Gasteiger partial charge in [0.1, 0.15) is 13.2 Å². The zero-order valence-corrected chi connectivity index (χ0v) is 20.9. The lowest BCUT2D eigenvalue weighted by atomic mass is 9.84. The fraction of sp³-hybridized carbons (Fsp3) is 0.458. The Balaban J connectivity index is 0.00000341. The van der Waals surface area contributed by atoms with E-state index in [2.05, 4.69) is 36.6 Å². The lowest BCUT2D eigenvalue weighted by molar-refractivity contribution is 0.171. The minimum absolute atomic E-state index is 0. The summed E-state index contributed by atoms with van der Waals surface area (Å²) in [5.74, 6) is 2.36. The summed E-state index contributed by atoms with van der Waals surface area (Å²) in [5, 5.41) is 16.5. The third-order valence-corrected chi connectivity index (χ3v) is 5.31. The number of halogens is 1. The largest absolute Gasteiger partial charge is 0.486 e. The highest BCUT2D eigenvalue weighted by Crippen LogP contribution is 2.35. The molecule has 0 fully saturated rings. The molecular formula is C24H34IN3O3. The van der Waals surface area contributed by atoms with Gasteiger partial charge in [-0.05, 0) is 30.2 Å². The molecule has 0 bridgehead atoms. The van der Waals surface area contributed by atoms with Gasteiger partial charge in [0.25, 0.3) is 0 Å². The number of guanidine groups is 1. The van der Waals surface area contributed by atoms with Crippen molar-refractivity contribution in [1.82, 2.24) is 10.6 Å². The van der Waals surface area contributed by atoms with Gasteiger partial charge < -0.3 is 25.2 Å². The molecule has 0 aromatic heterocycles. The molecule has 0 amide bonds. The first-order chi connectivity index (χ1) is 14.5. The van der Waals surface area contributed by atoms with Crippen LogP contribution in [-0.2, 0) is 5.41 Å². The highest BCUT2D eigenvalue weighted by Gasteiger charge is 2.23. The molecule has 6 nitrogen and oxygen atoms in total. The van der Waals surface area contributed by atoms with E-state index in [1.165, 1.54) is 0 Å². The second-order valence-electron chi connectivity index (χ2n) is 8.11. The standard InChI is InChI=1S/C24H33N3O3.HI/c1-4-25-23(26-15-19(16-28)18-8-6-5-7-9-18)27-17-24(2,3)20-10-11-21-22(14-20)30-13-12-29-21;/h5-11,14,19,28H,4,12-13,15-17H2,1-3H3,(H2,25,26,27);1H. The van der Waals surface area contributed by atoms with Gasteiger partial charge >= 0.3 is 0 Å². The van der Waals surface area contributed by atoms with E-state index in [4.69, 9.17) is 14.5 Å². The Hall–Kier alpha value is -2.00. The Labute approximate surface area is 202 Å². The van der Waals surface area contributed by atoms with Crippen molar-refractivity contribution < 1.29 is 14.6 Å². The van der Waals surface area contributed by atoms with E-state index in [0.717, 1.165) is 35.1 Å². The van der Waals surface area contributed by atoms with Crippen LogP contribution in [0.1, 0.15) is 37.8 Å². The normalized spacial score (nSPS) is 14.4. The van der Waals surface area contributed by atoms with Crippen LogP contribution in [0.4, 0.5) is 0 Å². The molecule has 1 atom stereocenters. The molecule has 0 saturated carbocycles. The molecule has 0 saturated heterocycles. The molecule has 0 spiro atoms. The van der Waals surface area contributed by atoms with Crippen LogP contribution >= 0.6 is 24.0 Å². The van der Waals surface area contributed by atoms with Gasteiger partial charge in [-0.3, -0.25) is 4.99 Å². The number of hydrogen-bond donors (Lipinski definition) is 3. The monoisotopic (exact) mass is 539 g/mol. The number of aliphatic hydroxyl groups excluding tert-OH is 1. The molecule has 1 heterocycles. The third kappa shape index (κ3) is 7.00. The number of nitrogens with one attached hydrogen (secondary N) is 2. The molecule has 170 valence electrons. The predicted molar refractivity (Wildman–Crippen MR) is 136 cm³/mol. The Morgan fingerprint density at radius 2 is 1.77 bits per heavy atom. The van der Waals surface area contributed by atoms with Crippen molar-refractivity contribution in [2.24, 2.45) is 4.99 Å². The van der Waals surface area contributed by atoms with Crippen molar-refractivity contribution in [1.29, 1.82) is 0 Å². The highest BCUT2D eigenvalue weighted by molar-refractivity contribution is 14.0. The molecule has 0 radical (unpaired) electrons. The summed E-state index contributed by atoms with van der Waals surface area (Å²) in [7, 11) is 0. The first-order valence-electron chi connectivity index (χ1n) is 10.6. The summed E-state index contributed by atoms with van der Waals surface area (Å²) in [5.41, 5.74) is 2.09. The number of ether oxygens (including phenoxy) is 2. The topological polar surface area (TPSA) is 75.1 Å². The number of fused-ring (bicyclic) bond motifs is 1. The predicted octanol–water partition coefficient (Wildman–Crippen LogP) is 3.68. The quantitative estimate of drug-likeness (QED) is 0.271. The van der Waals surface area contributed by atoms with E-state index in [0.29, 0.717) is 26.3 Å². The van der Waals surface area contributed by atoms with Crippen LogP contribution in [-0.4, -0.2) is 50.5 Å². The maximum absolute atomic E-state index is 9.80. The lowest BCUT2D eigenvalue weighted by Crippen LogP contribution is -2.40. The Kier molecular flexibility index (Phi) is 9.90. The van der Waals surface area contributed by atoms with E-state index in [1.807, 2.05) is 43.3 Å². The first-order valence-corrected chi connectivity index (χ1v) is 10.6. The van der Waals surface area contributed by atoms with Gasteiger partial charge in [0.2, 0.25) is 0 Å². The van der Waals surface area contributed by atoms with E-state index < -0.39 is 0 Å². The molecule has 31 heavy (non-hydrogen) atoms. The summed E-state index contributed by atoms with van der Waals surface area (Å²) >= 11 is 0. The average molecular weight is 539 g/mol. The summed E-state index contributed by atoms with van der Waals surface area (Å²) < 4.78 is 11.4. The Morgan fingerprint density at radius 3 is 2.45 bits per heavy atom. The number of aliphatic imine (C=N–C) groups is 1. The number of aliphatic hydroxyl groups is 1. The third-order valence-electron chi connectivity index (χ3n) is 5.31. The first kappa shape index (κ1) is 25.3. The van der Waals surface area contributed by atoms with Gasteiger partial charge in [-0.15, -0.1) is 24.0 Å². The minimum atomic E-state index is -0.173. The lowest BCUT2D eigenvalue weighted by Gasteiger charge is -2.26. The van der Waals surface area contributed by atoms with Crippen LogP contribution in [0.2, 0.25) is 0 Å². The smallest absolute Gasteiger partial charge is 0.191 e. The van der Waals surface area contributed by atoms with Gasteiger partial charge in [0, 0.05) is 24.4 Å². The van der Waals surface area contributed by atoms with Gasteiger partial charge in [-0.25, -0.2) is 0 Å². The van der Waals surface area contributed by atoms with E-state index in [1.54, 1.807) is 0 Å². The molecule has 2 aromatic carbocycles. The summed E-state index contributed by atoms with van der Waals surface area (Å²) in [6.07, 6.45) is 0. The zero-order valence-electron chi connectivity index (χ0n) is 18.6. The van der Waals surface area contributed by atoms with Crippen LogP contribution in [0.15, 0.2) is 53.5 Å². The van der Waals surface area contributed by atoms with Crippen LogP contribution in [0, 0.1) is 0 Å². The number of hydrogen-bond acceptors (Lipinski definition) is 4. The summed E-state index contributed by atoms with van der Waals surface area (Å²) in [6.45, 7) is 9.63. The molecule has 1 unspecified atom stereocenters. The number of benzene rings is 2. The van der Waals surface area contributed by atoms with Crippen molar-refractivity contribution in [3.05, 3.63) is 59.7 Å². The van der Waals surface area contributed by atoms with Crippen LogP contribution < -0.4 is 20.1 Å². The molecule has 1 aliphatic rings. The number of nitrogens with zero attached hydrogens (tertiary/aromatic N) is 1. The fourth-order valence-corrected chi connectivity index (χ4v) is 3.41. The maximum atomic E-state index is 9.80. The van der Waals surface area contributed by atoms with Crippen LogP contribution in [0.5, 0.6) is 11.5 Å². The van der Waals surface area contributed by atoms with Crippen LogP contribution in [0.25, 0.3) is 0 Å². The van der Waals surface area contributed by atoms with Gasteiger partial charge in [-0.2, -0.15) is 0 Å². The highest BCUT2D eigenvalue weighted by atomic mass is 127. The Bertz CT molecular complexity index is 843. The molecular weight excluding hydrogens is 505 g/mol. The molecule has 2 aromatic rings. The summed E-state index contributed by atoms with van der Waals surface area (Å²) in [6, 6.07) is 16.2. The summed E-state index contributed by atoms with van der Waals surface area (Å²) in [4.78, 5) is 4.81. The average Bonchev–Trinajstić information content (AvgIpc) is 2.78. The van der Waals surface area contributed by atoms with Crippen molar-refractivity contribution in [3.63, 3.8) is 0 Å². The molecule has 3 rings (SSSR count). The maximum Gasteiger partial charge on any atom is 0.191 e.